The van der Waals surface area contributed by atoms with Crippen LogP contribution in [0.25, 0.3) is 6.08 Å². The molecular formula is C19H19N3O. The van der Waals surface area contributed by atoms with E-state index in [1.807, 2.05) is 24.3 Å². The first-order chi connectivity index (χ1) is 11.3. The van der Waals surface area contributed by atoms with Gasteiger partial charge in [-0.25, -0.2) is 0 Å². The minimum Gasteiger partial charge on any atom is -0.508 e. The van der Waals surface area contributed by atoms with E-state index in [0.717, 1.165) is 31.9 Å². The van der Waals surface area contributed by atoms with Crippen LogP contribution in [0.3, 0.4) is 0 Å². The van der Waals surface area contributed by atoms with Gasteiger partial charge in [0.05, 0.1) is 11.3 Å². The lowest BCUT2D eigenvalue weighted by Gasteiger charge is -2.36. The van der Waals surface area contributed by atoms with E-state index in [9.17, 15) is 10.4 Å². The lowest BCUT2D eigenvalue weighted by molar-refractivity contribution is 0.351. The summed E-state index contributed by atoms with van der Waals surface area (Å²) in [6.07, 6.45) is 4.26. The van der Waals surface area contributed by atoms with Crippen molar-refractivity contribution in [2.75, 3.05) is 31.1 Å². The second-order valence-electron chi connectivity index (χ2n) is 5.56. The number of hydrogen-bond donors (Lipinski definition) is 1. The van der Waals surface area contributed by atoms with Crippen molar-refractivity contribution in [2.45, 2.75) is 0 Å². The number of rotatable bonds is 3. The number of anilines is 1. The normalized spacial score (nSPS) is 14.9. The molecule has 1 fully saturated rings. The molecule has 1 saturated heterocycles. The molecule has 1 aliphatic heterocycles. The fourth-order valence-corrected chi connectivity index (χ4v) is 2.76. The molecular weight excluding hydrogens is 286 g/mol. The van der Waals surface area contributed by atoms with Crippen LogP contribution in [0.4, 0.5) is 5.69 Å². The summed E-state index contributed by atoms with van der Waals surface area (Å²) in [5.41, 5.74) is 2.62. The van der Waals surface area contributed by atoms with Gasteiger partial charge in [0.25, 0.3) is 0 Å². The number of aromatic hydroxyl groups is 1. The van der Waals surface area contributed by atoms with Gasteiger partial charge in [0.2, 0.25) is 0 Å². The third kappa shape index (κ3) is 3.64. The van der Waals surface area contributed by atoms with Gasteiger partial charge in [-0.2, -0.15) is 5.26 Å². The molecule has 0 radical (unpaired) electrons. The van der Waals surface area contributed by atoms with Crippen molar-refractivity contribution >= 4 is 11.8 Å². The van der Waals surface area contributed by atoms with E-state index in [0.29, 0.717) is 5.56 Å². The Balaban J connectivity index is 1.63. The SMILES string of the molecule is N#Cc1cc(O)ccc1N1CCN(C=Cc2ccccc2)CC1. The summed E-state index contributed by atoms with van der Waals surface area (Å²) in [6.45, 7) is 3.54. The molecule has 0 bridgehead atoms. The molecule has 0 saturated carbocycles. The average Bonchev–Trinajstić information content (AvgIpc) is 2.61. The highest BCUT2D eigenvalue weighted by molar-refractivity contribution is 5.61. The van der Waals surface area contributed by atoms with Crippen LogP contribution in [0, 0.1) is 11.3 Å². The van der Waals surface area contributed by atoms with E-state index in [4.69, 9.17) is 0 Å². The summed E-state index contributed by atoms with van der Waals surface area (Å²) in [6, 6.07) is 17.4. The van der Waals surface area contributed by atoms with Crippen molar-refractivity contribution in [3.05, 3.63) is 65.9 Å². The molecule has 0 unspecified atom stereocenters. The number of nitrogens with zero attached hydrogens (tertiary/aromatic N) is 3. The van der Waals surface area contributed by atoms with E-state index in [2.05, 4.69) is 40.3 Å². The first-order valence-corrected chi connectivity index (χ1v) is 7.71. The fourth-order valence-electron chi connectivity index (χ4n) is 2.76. The molecule has 1 aliphatic rings. The zero-order chi connectivity index (χ0) is 16.1. The van der Waals surface area contributed by atoms with Gasteiger partial charge in [-0.05, 0) is 36.0 Å². The van der Waals surface area contributed by atoms with Crippen LogP contribution in [0.15, 0.2) is 54.7 Å². The largest absolute Gasteiger partial charge is 0.508 e. The summed E-state index contributed by atoms with van der Waals surface area (Å²) >= 11 is 0. The highest BCUT2D eigenvalue weighted by Crippen LogP contribution is 2.25. The van der Waals surface area contributed by atoms with E-state index in [1.165, 1.54) is 11.6 Å². The predicted octanol–water partition coefficient (Wildman–Crippen LogP) is 3.06. The number of nitriles is 1. The summed E-state index contributed by atoms with van der Waals surface area (Å²) < 4.78 is 0. The van der Waals surface area contributed by atoms with Crippen molar-refractivity contribution in [3.8, 4) is 11.8 Å². The second kappa shape index (κ2) is 6.89. The molecule has 0 aromatic heterocycles. The van der Waals surface area contributed by atoms with Crippen LogP contribution in [0.5, 0.6) is 5.75 Å². The quantitative estimate of drug-likeness (QED) is 0.947. The summed E-state index contributed by atoms with van der Waals surface area (Å²) in [5.74, 6) is 0.134. The molecule has 0 spiro atoms. The Morgan fingerprint density at radius 3 is 2.43 bits per heavy atom. The van der Waals surface area contributed by atoms with Crippen LogP contribution >= 0.6 is 0 Å². The van der Waals surface area contributed by atoms with E-state index in [-0.39, 0.29) is 5.75 Å². The molecule has 116 valence electrons. The van der Waals surface area contributed by atoms with Gasteiger partial charge in [0, 0.05) is 26.2 Å². The summed E-state index contributed by atoms with van der Waals surface area (Å²) in [4.78, 5) is 4.49. The van der Waals surface area contributed by atoms with Gasteiger partial charge in [0.15, 0.2) is 0 Å². The maximum atomic E-state index is 9.50. The summed E-state index contributed by atoms with van der Waals surface area (Å²) in [5, 5.41) is 18.7. The standard InChI is InChI=1S/C19H19N3O/c20-15-17-14-18(23)6-7-19(17)22-12-10-21(11-13-22)9-8-16-4-2-1-3-5-16/h1-9,14,23H,10-13H2. The molecule has 1 N–H and O–H groups in total. The second-order valence-corrected chi connectivity index (χ2v) is 5.56. The van der Waals surface area contributed by atoms with Crippen LogP contribution in [-0.2, 0) is 0 Å². The maximum absolute atomic E-state index is 9.50. The molecule has 23 heavy (non-hydrogen) atoms. The van der Waals surface area contributed by atoms with Gasteiger partial charge in [-0.15, -0.1) is 0 Å². The molecule has 4 heteroatoms. The fraction of sp³-hybridized carbons (Fsp3) is 0.211. The van der Waals surface area contributed by atoms with Gasteiger partial charge in [0.1, 0.15) is 11.8 Å². The zero-order valence-electron chi connectivity index (χ0n) is 12.9. The van der Waals surface area contributed by atoms with Gasteiger partial charge >= 0.3 is 0 Å². The van der Waals surface area contributed by atoms with Gasteiger partial charge in [-0.3, -0.25) is 0 Å². The first-order valence-electron chi connectivity index (χ1n) is 7.71. The zero-order valence-corrected chi connectivity index (χ0v) is 12.9. The molecule has 2 aromatic carbocycles. The van der Waals surface area contributed by atoms with E-state index < -0.39 is 0 Å². The van der Waals surface area contributed by atoms with Crippen LogP contribution in [0.1, 0.15) is 11.1 Å². The monoisotopic (exact) mass is 305 g/mol. The lowest BCUT2D eigenvalue weighted by Crippen LogP contribution is -2.44. The van der Waals surface area contributed by atoms with Crippen LogP contribution in [0.2, 0.25) is 0 Å². The Labute approximate surface area is 136 Å². The first kappa shape index (κ1) is 15.0. The van der Waals surface area contributed by atoms with Crippen molar-refractivity contribution < 1.29 is 5.11 Å². The molecule has 3 rings (SSSR count). The molecule has 0 aliphatic carbocycles. The number of benzene rings is 2. The third-order valence-electron chi connectivity index (χ3n) is 4.03. The Morgan fingerprint density at radius 1 is 1.00 bits per heavy atom. The van der Waals surface area contributed by atoms with Crippen molar-refractivity contribution in [1.29, 1.82) is 5.26 Å². The van der Waals surface area contributed by atoms with Crippen molar-refractivity contribution in [2.24, 2.45) is 0 Å². The molecule has 1 heterocycles. The maximum Gasteiger partial charge on any atom is 0.117 e. The number of phenolic OH excluding ortho intramolecular Hbond substituents is 1. The number of phenols is 1. The average molecular weight is 305 g/mol. The lowest BCUT2D eigenvalue weighted by atomic mass is 10.1. The van der Waals surface area contributed by atoms with Crippen LogP contribution < -0.4 is 4.90 Å². The van der Waals surface area contributed by atoms with Crippen LogP contribution in [-0.4, -0.2) is 36.2 Å². The topological polar surface area (TPSA) is 50.5 Å². The molecule has 2 aromatic rings. The van der Waals surface area contributed by atoms with E-state index in [1.54, 1.807) is 6.07 Å². The highest BCUT2D eigenvalue weighted by atomic mass is 16.3. The smallest absolute Gasteiger partial charge is 0.117 e. The Bertz CT molecular complexity index is 726. The number of hydrogen-bond acceptors (Lipinski definition) is 4. The Hall–Kier alpha value is -2.93. The Kier molecular flexibility index (Phi) is 4.49. The number of piperazine rings is 1. The van der Waals surface area contributed by atoms with Gasteiger partial charge < -0.3 is 14.9 Å². The van der Waals surface area contributed by atoms with E-state index >= 15 is 0 Å². The summed E-state index contributed by atoms with van der Waals surface area (Å²) in [7, 11) is 0. The predicted molar refractivity (Wildman–Crippen MR) is 92.1 cm³/mol. The molecule has 4 nitrogen and oxygen atoms in total. The minimum absolute atomic E-state index is 0.134. The minimum atomic E-state index is 0.134. The Morgan fingerprint density at radius 2 is 1.74 bits per heavy atom. The highest BCUT2D eigenvalue weighted by Gasteiger charge is 2.17. The van der Waals surface area contributed by atoms with Gasteiger partial charge in [-0.1, -0.05) is 30.3 Å². The van der Waals surface area contributed by atoms with Crippen molar-refractivity contribution in [3.63, 3.8) is 0 Å². The van der Waals surface area contributed by atoms with Crippen molar-refractivity contribution in [1.82, 2.24) is 4.90 Å². The third-order valence-corrected chi connectivity index (χ3v) is 4.03. The molecule has 0 atom stereocenters. The molecule has 0 amide bonds.